The zero-order valence-corrected chi connectivity index (χ0v) is 12.3. The number of ether oxygens (including phenoxy) is 1. The number of aromatic nitrogens is 1. The van der Waals surface area contributed by atoms with E-state index in [2.05, 4.69) is 9.72 Å². The van der Waals surface area contributed by atoms with Gasteiger partial charge >= 0.3 is 5.97 Å². The maximum Gasteiger partial charge on any atom is 0.330 e. The molecule has 0 saturated heterocycles. The van der Waals surface area contributed by atoms with Crippen molar-refractivity contribution in [3.63, 3.8) is 0 Å². The molecule has 0 fully saturated rings. The largest absolute Gasteiger partial charge is 0.466 e. The first-order valence-corrected chi connectivity index (χ1v) is 7.38. The number of thiophene rings is 1. The van der Waals surface area contributed by atoms with Crippen LogP contribution in [0.25, 0.3) is 18.2 Å². The van der Waals surface area contributed by atoms with Crippen LogP contribution in [0.3, 0.4) is 0 Å². The predicted molar refractivity (Wildman–Crippen MR) is 81.1 cm³/mol. The number of esters is 1. The van der Waals surface area contributed by atoms with Crippen molar-refractivity contribution in [3.8, 4) is 0 Å². The molecule has 2 heterocycles. The van der Waals surface area contributed by atoms with E-state index in [-0.39, 0.29) is 5.97 Å². The van der Waals surface area contributed by atoms with Gasteiger partial charge in [-0.3, -0.25) is 0 Å². The monoisotopic (exact) mass is 291 g/mol. The lowest BCUT2D eigenvalue weighted by molar-refractivity contribution is -0.134. The summed E-state index contributed by atoms with van der Waals surface area (Å²) < 4.78 is 4.54. The van der Waals surface area contributed by atoms with Crippen LogP contribution in [0.2, 0.25) is 0 Å². The SMILES string of the molecule is COC(=O)/C=C/c1csc(/C=C/c2csc(C)n2)c1. The lowest BCUT2D eigenvalue weighted by atomic mass is 10.2. The van der Waals surface area contributed by atoms with E-state index in [1.807, 2.05) is 35.9 Å². The summed E-state index contributed by atoms with van der Waals surface area (Å²) >= 11 is 3.26. The Hall–Kier alpha value is -1.72. The molecule has 0 aliphatic carbocycles. The van der Waals surface area contributed by atoms with E-state index in [9.17, 15) is 4.79 Å². The third kappa shape index (κ3) is 4.15. The van der Waals surface area contributed by atoms with Crippen molar-refractivity contribution in [2.24, 2.45) is 0 Å². The number of aryl methyl sites for hydroxylation is 1. The first-order valence-electron chi connectivity index (χ1n) is 5.62. The minimum Gasteiger partial charge on any atom is -0.466 e. The normalized spacial score (nSPS) is 11.5. The molecule has 98 valence electrons. The molecule has 5 heteroatoms. The van der Waals surface area contributed by atoms with E-state index >= 15 is 0 Å². The van der Waals surface area contributed by atoms with Gasteiger partial charge in [0.2, 0.25) is 0 Å². The first kappa shape index (κ1) is 13.7. The maximum atomic E-state index is 11.0. The van der Waals surface area contributed by atoms with Gasteiger partial charge in [0, 0.05) is 16.3 Å². The van der Waals surface area contributed by atoms with Crippen molar-refractivity contribution in [1.82, 2.24) is 4.98 Å². The second kappa shape index (κ2) is 6.45. The fourth-order valence-corrected chi connectivity index (χ4v) is 2.75. The fraction of sp³-hybridized carbons (Fsp3) is 0.143. The Morgan fingerprint density at radius 2 is 2.11 bits per heavy atom. The second-order valence-corrected chi connectivity index (χ2v) is 5.77. The molecular weight excluding hydrogens is 278 g/mol. The molecule has 0 atom stereocenters. The number of thiazole rings is 1. The van der Waals surface area contributed by atoms with E-state index in [4.69, 9.17) is 0 Å². The van der Waals surface area contributed by atoms with Gasteiger partial charge in [-0.1, -0.05) is 0 Å². The van der Waals surface area contributed by atoms with Crippen LogP contribution in [0.15, 0.2) is 22.9 Å². The van der Waals surface area contributed by atoms with Gasteiger partial charge < -0.3 is 4.74 Å². The summed E-state index contributed by atoms with van der Waals surface area (Å²) in [5, 5.41) is 5.08. The Morgan fingerprint density at radius 3 is 2.79 bits per heavy atom. The summed E-state index contributed by atoms with van der Waals surface area (Å²) in [7, 11) is 1.37. The van der Waals surface area contributed by atoms with Gasteiger partial charge in [0.05, 0.1) is 17.8 Å². The number of methoxy groups -OCH3 is 1. The van der Waals surface area contributed by atoms with E-state index in [1.54, 1.807) is 28.7 Å². The van der Waals surface area contributed by atoms with Crippen LogP contribution < -0.4 is 0 Å². The Labute approximate surface area is 119 Å². The topological polar surface area (TPSA) is 39.2 Å². The molecular formula is C14H13NO2S2. The highest BCUT2D eigenvalue weighted by Crippen LogP contribution is 2.19. The molecule has 0 N–H and O–H groups in total. The van der Waals surface area contributed by atoms with Crippen LogP contribution >= 0.6 is 22.7 Å². The molecule has 3 nitrogen and oxygen atoms in total. The Bertz CT molecular complexity index is 623. The molecule has 0 radical (unpaired) electrons. The van der Waals surface area contributed by atoms with Gasteiger partial charge in [-0.05, 0) is 42.2 Å². The minimum atomic E-state index is -0.346. The quantitative estimate of drug-likeness (QED) is 0.634. The predicted octanol–water partition coefficient (Wildman–Crippen LogP) is 3.87. The Balaban J connectivity index is 2.03. The Kier molecular flexibility index (Phi) is 4.65. The van der Waals surface area contributed by atoms with Crippen LogP contribution in [0, 0.1) is 6.92 Å². The number of nitrogens with zero attached hydrogens (tertiary/aromatic N) is 1. The van der Waals surface area contributed by atoms with Crippen molar-refractivity contribution >= 4 is 46.9 Å². The van der Waals surface area contributed by atoms with Gasteiger partial charge in [-0.25, -0.2) is 9.78 Å². The van der Waals surface area contributed by atoms with Crippen molar-refractivity contribution in [2.75, 3.05) is 7.11 Å². The van der Waals surface area contributed by atoms with Gasteiger partial charge in [-0.2, -0.15) is 0 Å². The molecule has 2 aromatic rings. The molecule has 2 aromatic heterocycles. The third-order valence-electron chi connectivity index (χ3n) is 2.31. The summed E-state index contributed by atoms with van der Waals surface area (Å²) in [5.74, 6) is -0.346. The summed E-state index contributed by atoms with van der Waals surface area (Å²) in [6, 6.07) is 2.01. The highest BCUT2D eigenvalue weighted by Gasteiger charge is 1.97. The van der Waals surface area contributed by atoms with E-state index in [0.717, 1.165) is 21.1 Å². The summed E-state index contributed by atoms with van der Waals surface area (Å²) in [6.45, 7) is 1.99. The van der Waals surface area contributed by atoms with Crippen molar-refractivity contribution in [2.45, 2.75) is 6.92 Å². The third-order valence-corrected chi connectivity index (χ3v) is 4.02. The second-order valence-electron chi connectivity index (χ2n) is 3.76. The lowest BCUT2D eigenvalue weighted by Gasteiger charge is -1.88. The first-order chi connectivity index (χ1) is 9.17. The minimum absolute atomic E-state index is 0.346. The number of hydrogen-bond acceptors (Lipinski definition) is 5. The summed E-state index contributed by atoms with van der Waals surface area (Å²) in [4.78, 5) is 16.5. The maximum absolute atomic E-state index is 11.0. The Morgan fingerprint density at radius 1 is 1.26 bits per heavy atom. The molecule has 0 amide bonds. The van der Waals surface area contributed by atoms with Crippen LogP contribution in [0.5, 0.6) is 0 Å². The number of hydrogen-bond donors (Lipinski definition) is 0. The highest BCUT2D eigenvalue weighted by atomic mass is 32.1. The van der Waals surface area contributed by atoms with Gasteiger partial charge in [-0.15, -0.1) is 22.7 Å². The molecule has 2 rings (SSSR count). The van der Waals surface area contributed by atoms with Gasteiger partial charge in [0.1, 0.15) is 0 Å². The summed E-state index contributed by atoms with van der Waals surface area (Å²) in [5.41, 5.74) is 1.96. The molecule has 0 aliphatic heterocycles. The standard InChI is InChI=1S/C14H13NO2S2/c1-10-15-12(9-18-10)4-5-13-7-11(8-19-13)3-6-14(16)17-2/h3-9H,1-2H3/b5-4+,6-3+. The highest BCUT2D eigenvalue weighted by molar-refractivity contribution is 7.11. The lowest BCUT2D eigenvalue weighted by Crippen LogP contribution is -1.92. The van der Waals surface area contributed by atoms with E-state index in [0.29, 0.717) is 0 Å². The zero-order chi connectivity index (χ0) is 13.7. The molecule has 0 aliphatic rings. The van der Waals surface area contributed by atoms with Crippen LogP contribution in [-0.4, -0.2) is 18.1 Å². The molecule has 0 spiro atoms. The smallest absolute Gasteiger partial charge is 0.330 e. The zero-order valence-electron chi connectivity index (χ0n) is 10.6. The molecule has 0 unspecified atom stereocenters. The molecule has 0 bridgehead atoms. The molecule has 0 saturated carbocycles. The van der Waals surface area contributed by atoms with Crippen molar-refractivity contribution in [1.29, 1.82) is 0 Å². The van der Waals surface area contributed by atoms with Gasteiger partial charge in [0.25, 0.3) is 0 Å². The van der Waals surface area contributed by atoms with Crippen molar-refractivity contribution in [3.05, 3.63) is 44.0 Å². The van der Waals surface area contributed by atoms with E-state index < -0.39 is 0 Å². The van der Waals surface area contributed by atoms with Crippen molar-refractivity contribution < 1.29 is 9.53 Å². The van der Waals surface area contributed by atoms with Crippen LogP contribution in [-0.2, 0) is 9.53 Å². The van der Waals surface area contributed by atoms with Gasteiger partial charge in [0.15, 0.2) is 0 Å². The molecule has 0 aromatic carbocycles. The number of carbonyl (C=O) groups is 1. The van der Waals surface area contributed by atoms with Crippen LogP contribution in [0.1, 0.15) is 21.1 Å². The molecule has 19 heavy (non-hydrogen) atoms. The fourth-order valence-electron chi connectivity index (χ4n) is 1.40. The number of carbonyl (C=O) groups excluding carboxylic acids is 1. The summed E-state index contributed by atoms with van der Waals surface area (Å²) in [6.07, 6.45) is 7.17. The average Bonchev–Trinajstić information content (AvgIpc) is 3.02. The van der Waals surface area contributed by atoms with Crippen LogP contribution in [0.4, 0.5) is 0 Å². The average molecular weight is 291 g/mol. The number of rotatable bonds is 4. The van der Waals surface area contributed by atoms with E-state index in [1.165, 1.54) is 13.2 Å².